The smallest absolute Gasteiger partial charge is 0.163 e. The number of amidine groups is 1. The summed E-state index contributed by atoms with van der Waals surface area (Å²) < 4.78 is 26.2. The second-order valence-corrected chi connectivity index (χ2v) is 9.49. The van der Waals surface area contributed by atoms with Crippen LogP contribution in [0.1, 0.15) is 57.1 Å². The third kappa shape index (κ3) is 5.96. The molecule has 0 aromatic heterocycles. The molecule has 3 heterocycles. The summed E-state index contributed by atoms with van der Waals surface area (Å²) in [6, 6.07) is 15.0. The normalized spacial score (nSPS) is 19.5. The van der Waals surface area contributed by atoms with Gasteiger partial charge in [-0.25, -0.2) is 14.4 Å². The molecule has 0 aliphatic carbocycles. The summed E-state index contributed by atoms with van der Waals surface area (Å²) in [5, 5.41) is 0. The van der Waals surface area contributed by atoms with E-state index >= 15 is 0 Å². The molecule has 0 amide bonds. The Kier molecular flexibility index (Phi) is 7.73. The maximum atomic E-state index is 14.3. The first-order valence-electron chi connectivity index (χ1n) is 13.0. The fourth-order valence-corrected chi connectivity index (χ4v) is 4.62. The highest BCUT2D eigenvalue weighted by Gasteiger charge is 2.22. The zero-order chi connectivity index (χ0) is 25.6. The van der Waals surface area contributed by atoms with Gasteiger partial charge in [0, 0.05) is 19.1 Å². The molecule has 190 valence electrons. The molecule has 3 aliphatic heterocycles. The van der Waals surface area contributed by atoms with Gasteiger partial charge in [-0.15, -0.1) is 0 Å². The van der Waals surface area contributed by atoms with Gasteiger partial charge >= 0.3 is 0 Å². The monoisotopic (exact) mass is 497 g/mol. The number of hydrogen-bond acceptors (Lipinski definition) is 5. The van der Waals surface area contributed by atoms with Crippen LogP contribution in [-0.4, -0.2) is 37.0 Å². The third-order valence-corrected chi connectivity index (χ3v) is 6.68. The van der Waals surface area contributed by atoms with Crippen LogP contribution in [0.4, 0.5) is 4.39 Å². The van der Waals surface area contributed by atoms with E-state index in [0.717, 1.165) is 55.1 Å². The van der Waals surface area contributed by atoms with Crippen LogP contribution in [0.2, 0.25) is 0 Å². The van der Waals surface area contributed by atoms with Crippen LogP contribution >= 0.6 is 0 Å². The number of allylic oxidation sites excluding steroid dienone is 4. The van der Waals surface area contributed by atoms with Crippen molar-refractivity contribution in [2.75, 3.05) is 13.2 Å². The fraction of sp³-hybridized carbons (Fsp3) is 0.323. The average Bonchev–Trinajstić information content (AvgIpc) is 3.19. The maximum absolute atomic E-state index is 14.3. The average molecular weight is 498 g/mol. The topological polar surface area (TPSA) is 55.5 Å². The zero-order valence-corrected chi connectivity index (χ0v) is 21.4. The molecule has 5 rings (SSSR count). The van der Waals surface area contributed by atoms with Gasteiger partial charge in [-0.1, -0.05) is 42.8 Å². The fourth-order valence-electron chi connectivity index (χ4n) is 4.62. The first-order chi connectivity index (χ1) is 18.1. The van der Waals surface area contributed by atoms with E-state index in [1.807, 2.05) is 12.1 Å². The molecule has 0 fully saturated rings. The van der Waals surface area contributed by atoms with Crippen LogP contribution in [-0.2, 0) is 4.74 Å². The molecule has 1 atom stereocenters. The Morgan fingerprint density at radius 1 is 1.08 bits per heavy atom. The molecule has 2 aromatic carbocycles. The third-order valence-electron chi connectivity index (χ3n) is 6.68. The van der Waals surface area contributed by atoms with Gasteiger partial charge < -0.3 is 9.47 Å². The summed E-state index contributed by atoms with van der Waals surface area (Å²) in [6.45, 7) is 5.66. The van der Waals surface area contributed by atoms with Crippen molar-refractivity contribution in [1.29, 1.82) is 0 Å². The molecule has 5 nitrogen and oxygen atoms in total. The van der Waals surface area contributed by atoms with E-state index in [1.54, 1.807) is 24.4 Å². The Labute approximate surface area is 217 Å². The van der Waals surface area contributed by atoms with E-state index in [2.05, 4.69) is 48.1 Å². The molecule has 0 bridgehead atoms. The van der Waals surface area contributed by atoms with E-state index in [9.17, 15) is 4.39 Å². The molecular formula is C31H32FN3O2. The lowest BCUT2D eigenvalue weighted by atomic mass is 9.97. The van der Waals surface area contributed by atoms with Crippen LogP contribution in [0.25, 0.3) is 5.57 Å². The Hall–Kier alpha value is -3.80. The molecular weight excluding hydrogens is 465 g/mol. The van der Waals surface area contributed by atoms with Crippen LogP contribution < -0.4 is 4.74 Å². The minimum atomic E-state index is -0.324. The highest BCUT2D eigenvalue weighted by atomic mass is 19.1. The van der Waals surface area contributed by atoms with Crippen molar-refractivity contribution in [3.05, 3.63) is 94.7 Å². The number of hydrogen-bond donors (Lipinski definition) is 0. The molecule has 0 saturated carbocycles. The molecule has 1 unspecified atom stereocenters. The minimum Gasteiger partial charge on any atom is -0.498 e. The standard InChI is InChI=1S/C31H32FN3O2/c1-3-16-36-24-13-11-22(12-14-24)27-19-25(37-17-15-21(27)2)18-23-7-6-10-29-30(20-33-23)35-31(34-29)26-8-4-5-9-28(26)32/h4-5,8-14,19-20,23H,3,6-7,15-18H2,1-2H3. The number of benzene rings is 2. The molecule has 2 aromatic rings. The number of rotatable bonds is 7. The molecule has 0 spiro atoms. The Morgan fingerprint density at radius 2 is 1.92 bits per heavy atom. The number of nitrogens with zero attached hydrogens (tertiary/aromatic N) is 3. The zero-order valence-electron chi connectivity index (χ0n) is 21.4. The van der Waals surface area contributed by atoms with Gasteiger partial charge in [-0.2, -0.15) is 0 Å². The van der Waals surface area contributed by atoms with Crippen molar-refractivity contribution in [2.45, 2.75) is 52.0 Å². The SMILES string of the molecule is CCCOc1ccc(C2=C(C)CCOC(CC3CCC=C4N=C(c5ccccc5F)N=C4C=N3)=C2)cc1. The van der Waals surface area contributed by atoms with Gasteiger partial charge in [0.2, 0.25) is 0 Å². The van der Waals surface area contributed by atoms with Crippen molar-refractivity contribution < 1.29 is 13.9 Å². The molecule has 37 heavy (non-hydrogen) atoms. The lowest BCUT2D eigenvalue weighted by Crippen LogP contribution is -2.13. The van der Waals surface area contributed by atoms with E-state index in [-0.39, 0.29) is 11.9 Å². The Morgan fingerprint density at radius 3 is 2.73 bits per heavy atom. The summed E-state index contributed by atoms with van der Waals surface area (Å²) in [6.07, 6.45) is 10.3. The first-order valence-corrected chi connectivity index (χ1v) is 13.0. The first kappa shape index (κ1) is 24.9. The van der Waals surface area contributed by atoms with Crippen molar-refractivity contribution in [2.24, 2.45) is 15.0 Å². The van der Waals surface area contributed by atoms with E-state index in [0.29, 0.717) is 30.1 Å². The lowest BCUT2D eigenvalue weighted by Gasteiger charge is -2.16. The second kappa shape index (κ2) is 11.5. The summed E-state index contributed by atoms with van der Waals surface area (Å²) in [4.78, 5) is 14.0. The lowest BCUT2D eigenvalue weighted by molar-refractivity contribution is 0.203. The summed E-state index contributed by atoms with van der Waals surface area (Å²) >= 11 is 0. The predicted molar refractivity (Wildman–Crippen MR) is 148 cm³/mol. The molecule has 0 saturated heterocycles. The minimum absolute atomic E-state index is 0.0636. The van der Waals surface area contributed by atoms with Gasteiger partial charge in [0.25, 0.3) is 0 Å². The van der Waals surface area contributed by atoms with Crippen LogP contribution in [0.15, 0.2) is 92.7 Å². The van der Waals surface area contributed by atoms with Gasteiger partial charge in [0.15, 0.2) is 5.84 Å². The van der Waals surface area contributed by atoms with Crippen LogP contribution in [0, 0.1) is 5.82 Å². The van der Waals surface area contributed by atoms with E-state index in [1.165, 1.54) is 17.2 Å². The predicted octanol–water partition coefficient (Wildman–Crippen LogP) is 7.10. The van der Waals surface area contributed by atoms with Crippen LogP contribution in [0.3, 0.4) is 0 Å². The van der Waals surface area contributed by atoms with E-state index < -0.39 is 0 Å². The molecule has 6 heteroatoms. The maximum Gasteiger partial charge on any atom is 0.163 e. The molecule has 0 N–H and O–H groups in total. The van der Waals surface area contributed by atoms with Gasteiger partial charge in [-0.05, 0) is 67.7 Å². The summed E-state index contributed by atoms with van der Waals surface area (Å²) in [7, 11) is 0. The van der Waals surface area contributed by atoms with Gasteiger partial charge in [0.1, 0.15) is 17.3 Å². The largest absolute Gasteiger partial charge is 0.498 e. The highest BCUT2D eigenvalue weighted by molar-refractivity contribution is 6.43. The van der Waals surface area contributed by atoms with Crippen molar-refractivity contribution in [3.63, 3.8) is 0 Å². The highest BCUT2D eigenvalue weighted by Crippen LogP contribution is 2.31. The number of fused-ring (bicyclic) bond motifs is 1. The van der Waals surface area contributed by atoms with Crippen LogP contribution in [0.5, 0.6) is 5.75 Å². The van der Waals surface area contributed by atoms with Gasteiger partial charge in [-0.3, -0.25) is 4.99 Å². The Balaban J connectivity index is 1.31. The molecule has 0 radical (unpaired) electrons. The van der Waals surface area contributed by atoms with Gasteiger partial charge in [0.05, 0.1) is 36.3 Å². The number of ether oxygens (including phenoxy) is 2. The Bertz CT molecular complexity index is 1330. The summed E-state index contributed by atoms with van der Waals surface area (Å²) in [5.74, 6) is 1.92. The van der Waals surface area contributed by atoms with Crippen molar-refractivity contribution >= 4 is 23.3 Å². The summed E-state index contributed by atoms with van der Waals surface area (Å²) in [5.41, 5.74) is 5.53. The number of halogens is 1. The molecule has 3 aliphatic rings. The van der Waals surface area contributed by atoms with Crippen molar-refractivity contribution in [1.82, 2.24) is 0 Å². The van der Waals surface area contributed by atoms with E-state index in [4.69, 9.17) is 14.5 Å². The quantitative estimate of drug-likeness (QED) is 0.410. The second-order valence-electron chi connectivity index (χ2n) is 9.49. The number of aliphatic imine (C=N–C) groups is 3. The van der Waals surface area contributed by atoms with Crippen molar-refractivity contribution in [3.8, 4) is 5.75 Å².